The van der Waals surface area contributed by atoms with Crippen LogP contribution in [0.3, 0.4) is 0 Å². The summed E-state index contributed by atoms with van der Waals surface area (Å²) in [6.45, 7) is 1.92. The predicted octanol–water partition coefficient (Wildman–Crippen LogP) is 2.82. The van der Waals surface area contributed by atoms with E-state index in [1.807, 2.05) is 12.3 Å². The van der Waals surface area contributed by atoms with Crippen molar-refractivity contribution in [1.82, 2.24) is 9.71 Å². The fourth-order valence-electron chi connectivity index (χ4n) is 1.55. The van der Waals surface area contributed by atoms with Crippen LogP contribution in [0.25, 0.3) is 0 Å². The summed E-state index contributed by atoms with van der Waals surface area (Å²) in [7, 11) is -3.83. The molecule has 0 aliphatic rings. The van der Waals surface area contributed by atoms with Crippen LogP contribution in [0.2, 0.25) is 10.0 Å². The molecule has 0 unspecified atom stereocenters. The number of sulfonamides is 1. The molecular formula is C11H11Cl2N3O2S2. The Labute approximate surface area is 130 Å². The number of thiazole rings is 1. The molecule has 0 saturated heterocycles. The highest BCUT2D eigenvalue weighted by Crippen LogP contribution is 2.31. The Hall–Kier alpha value is -0.860. The summed E-state index contributed by atoms with van der Waals surface area (Å²) in [5.74, 6) is 0. The van der Waals surface area contributed by atoms with E-state index in [0.29, 0.717) is 10.7 Å². The molecule has 0 aliphatic heterocycles. The number of halogens is 2. The molecule has 0 atom stereocenters. The molecule has 108 valence electrons. The second kappa shape index (κ2) is 5.87. The molecule has 2 rings (SSSR count). The van der Waals surface area contributed by atoms with Crippen molar-refractivity contribution in [2.75, 3.05) is 5.73 Å². The van der Waals surface area contributed by atoms with Crippen molar-refractivity contribution >= 4 is 50.2 Å². The smallest absolute Gasteiger partial charge is 0.243 e. The Morgan fingerprint density at radius 2 is 1.95 bits per heavy atom. The fourth-order valence-corrected chi connectivity index (χ4v) is 4.57. The van der Waals surface area contributed by atoms with Crippen molar-refractivity contribution in [3.63, 3.8) is 0 Å². The first-order valence-corrected chi connectivity index (χ1v) is 8.56. The highest BCUT2D eigenvalue weighted by molar-refractivity contribution is 7.89. The zero-order chi connectivity index (χ0) is 14.9. The molecule has 0 fully saturated rings. The van der Waals surface area contributed by atoms with Crippen molar-refractivity contribution in [2.24, 2.45) is 0 Å². The lowest BCUT2D eigenvalue weighted by atomic mass is 10.3. The first kappa shape index (κ1) is 15.5. The number of rotatable bonds is 4. The van der Waals surface area contributed by atoms with Gasteiger partial charge < -0.3 is 5.73 Å². The fraction of sp³-hybridized carbons (Fsp3) is 0.182. The van der Waals surface area contributed by atoms with Gasteiger partial charge in [0.05, 0.1) is 16.6 Å². The molecule has 0 saturated carbocycles. The number of hydrogen-bond acceptors (Lipinski definition) is 5. The van der Waals surface area contributed by atoms with Crippen molar-refractivity contribution in [3.05, 3.63) is 38.3 Å². The number of hydrogen-bond donors (Lipinski definition) is 2. The second-order valence-corrected chi connectivity index (χ2v) is 7.48. The number of nitrogens with two attached hydrogens (primary N) is 1. The van der Waals surface area contributed by atoms with Crippen LogP contribution in [0.15, 0.2) is 22.4 Å². The minimum atomic E-state index is -3.83. The van der Waals surface area contributed by atoms with Crippen LogP contribution in [0.1, 0.15) is 10.7 Å². The van der Waals surface area contributed by atoms with Crippen LogP contribution in [-0.2, 0) is 16.6 Å². The summed E-state index contributed by atoms with van der Waals surface area (Å²) in [5.41, 5.74) is 6.69. The molecule has 0 spiro atoms. The molecule has 2 aromatic rings. The monoisotopic (exact) mass is 351 g/mol. The first-order valence-electron chi connectivity index (χ1n) is 5.45. The SMILES string of the molecule is Cc1csc(CNS(=O)(=O)c2c(Cl)cc(N)cc2Cl)n1. The predicted molar refractivity (Wildman–Crippen MR) is 81.8 cm³/mol. The average molecular weight is 352 g/mol. The van der Waals surface area contributed by atoms with Gasteiger partial charge in [-0.25, -0.2) is 18.1 Å². The summed E-state index contributed by atoms with van der Waals surface area (Å²) >= 11 is 13.2. The molecule has 1 heterocycles. The van der Waals surface area contributed by atoms with E-state index in [2.05, 4.69) is 9.71 Å². The summed E-state index contributed by atoms with van der Waals surface area (Å²) in [6, 6.07) is 2.69. The van der Waals surface area contributed by atoms with E-state index >= 15 is 0 Å². The number of aromatic nitrogens is 1. The van der Waals surface area contributed by atoms with Gasteiger partial charge >= 0.3 is 0 Å². The largest absolute Gasteiger partial charge is 0.399 e. The van der Waals surface area contributed by atoms with Gasteiger partial charge in [0.25, 0.3) is 0 Å². The van der Waals surface area contributed by atoms with E-state index in [1.165, 1.54) is 23.5 Å². The van der Waals surface area contributed by atoms with Crippen LogP contribution < -0.4 is 10.5 Å². The minimum absolute atomic E-state index is 0.0159. The molecule has 0 aliphatic carbocycles. The molecule has 0 amide bonds. The van der Waals surface area contributed by atoms with Gasteiger partial charge in [-0.1, -0.05) is 23.2 Å². The summed E-state index contributed by atoms with van der Waals surface area (Å²) in [6.07, 6.45) is 0. The number of anilines is 1. The number of nitrogens with one attached hydrogen (secondary N) is 1. The molecule has 0 radical (unpaired) electrons. The third-order valence-electron chi connectivity index (χ3n) is 2.37. The molecule has 9 heteroatoms. The van der Waals surface area contributed by atoms with Crippen LogP contribution in [0, 0.1) is 6.92 Å². The Morgan fingerprint density at radius 1 is 1.35 bits per heavy atom. The lowest BCUT2D eigenvalue weighted by molar-refractivity contribution is 0.581. The topological polar surface area (TPSA) is 85.1 Å². The molecule has 1 aromatic heterocycles. The molecule has 0 bridgehead atoms. The van der Waals surface area contributed by atoms with Crippen LogP contribution in [-0.4, -0.2) is 13.4 Å². The summed E-state index contributed by atoms with van der Waals surface area (Å²) in [5, 5.41) is 2.47. The van der Waals surface area contributed by atoms with Crippen LogP contribution >= 0.6 is 34.5 Å². The maximum absolute atomic E-state index is 12.2. The van der Waals surface area contributed by atoms with Gasteiger partial charge in [0.2, 0.25) is 10.0 Å². The van der Waals surface area contributed by atoms with E-state index < -0.39 is 10.0 Å². The maximum atomic E-state index is 12.2. The Morgan fingerprint density at radius 3 is 2.45 bits per heavy atom. The zero-order valence-electron chi connectivity index (χ0n) is 10.4. The van der Waals surface area contributed by atoms with Gasteiger partial charge in [0, 0.05) is 16.8 Å². The molecule has 5 nitrogen and oxygen atoms in total. The van der Waals surface area contributed by atoms with Gasteiger partial charge in [0.15, 0.2) is 0 Å². The van der Waals surface area contributed by atoms with Gasteiger partial charge in [0.1, 0.15) is 9.90 Å². The lowest BCUT2D eigenvalue weighted by Crippen LogP contribution is -2.24. The zero-order valence-corrected chi connectivity index (χ0v) is 13.5. The lowest BCUT2D eigenvalue weighted by Gasteiger charge is -2.10. The normalized spacial score (nSPS) is 11.8. The van der Waals surface area contributed by atoms with E-state index in [-0.39, 0.29) is 21.5 Å². The summed E-state index contributed by atoms with van der Waals surface area (Å²) in [4.78, 5) is 3.99. The van der Waals surface area contributed by atoms with Crippen LogP contribution in [0.5, 0.6) is 0 Å². The summed E-state index contributed by atoms with van der Waals surface area (Å²) < 4.78 is 26.9. The van der Waals surface area contributed by atoms with Crippen molar-refractivity contribution in [2.45, 2.75) is 18.4 Å². The Bertz CT molecular complexity index is 721. The Balaban J connectivity index is 2.27. The molecule has 20 heavy (non-hydrogen) atoms. The van der Waals surface area contributed by atoms with Crippen molar-refractivity contribution in [1.29, 1.82) is 0 Å². The van der Waals surface area contributed by atoms with E-state index in [0.717, 1.165) is 5.69 Å². The van der Waals surface area contributed by atoms with Gasteiger partial charge in [-0.05, 0) is 19.1 Å². The highest BCUT2D eigenvalue weighted by Gasteiger charge is 2.22. The number of benzene rings is 1. The second-order valence-electron chi connectivity index (χ2n) is 4.02. The van der Waals surface area contributed by atoms with Gasteiger partial charge in [-0.2, -0.15) is 0 Å². The highest BCUT2D eigenvalue weighted by atomic mass is 35.5. The standard InChI is InChI=1S/C11H11Cl2N3O2S2/c1-6-5-19-10(16-6)4-15-20(17,18)11-8(12)2-7(14)3-9(11)13/h2-3,5,15H,4,14H2,1H3. The van der Waals surface area contributed by atoms with Gasteiger partial charge in [-0.15, -0.1) is 11.3 Å². The van der Waals surface area contributed by atoms with Gasteiger partial charge in [-0.3, -0.25) is 0 Å². The molecule has 3 N–H and O–H groups in total. The van der Waals surface area contributed by atoms with E-state index in [1.54, 1.807) is 0 Å². The molecule has 1 aromatic carbocycles. The first-order chi connectivity index (χ1) is 9.29. The van der Waals surface area contributed by atoms with Crippen LogP contribution in [0.4, 0.5) is 5.69 Å². The van der Waals surface area contributed by atoms with Crippen molar-refractivity contribution < 1.29 is 8.42 Å². The third kappa shape index (κ3) is 3.42. The maximum Gasteiger partial charge on any atom is 0.243 e. The van der Waals surface area contributed by atoms with E-state index in [4.69, 9.17) is 28.9 Å². The number of aryl methyl sites for hydroxylation is 1. The molecular weight excluding hydrogens is 341 g/mol. The average Bonchev–Trinajstić information content (AvgIpc) is 2.71. The minimum Gasteiger partial charge on any atom is -0.399 e. The van der Waals surface area contributed by atoms with E-state index in [9.17, 15) is 8.42 Å². The quantitative estimate of drug-likeness (QED) is 0.829. The Kier molecular flexibility index (Phi) is 4.55. The third-order valence-corrected chi connectivity index (χ3v) is 5.66. The number of nitrogens with zero attached hydrogens (tertiary/aromatic N) is 1. The number of nitrogen functional groups attached to an aromatic ring is 1. The van der Waals surface area contributed by atoms with Crippen molar-refractivity contribution in [3.8, 4) is 0 Å².